The average molecular weight is 503 g/mol. The molecule has 180 valence electrons. The Labute approximate surface area is 206 Å². The summed E-state index contributed by atoms with van der Waals surface area (Å²) in [5.74, 6) is -1.42. The van der Waals surface area contributed by atoms with Crippen LogP contribution in [0.5, 0.6) is 0 Å². The molecule has 0 radical (unpaired) electrons. The lowest BCUT2D eigenvalue weighted by Crippen LogP contribution is -2.17. The molecular formula is C27H20F2N4O2S. The van der Waals surface area contributed by atoms with Gasteiger partial charge >= 0.3 is 0 Å². The third-order valence-corrected chi connectivity index (χ3v) is 8.09. The molecule has 0 atom stereocenters. The van der Waals surface area contributed by atoms with E-state index in [1.54, 1.807) is 36.9 Å². The normalized spacial score (nSPS) is 13.7. The van der Waals surface area contributed by atoms with Crippen LogP contribution in [0.4, 0.5) is 14.5 Å². The number of hydrogen-bond donors (Lipinski definition) is 1. The van der Waals surface area contributed by atoms with Gasteiger partial charge in [-0.15, -0.1) is 0 Å². The first-order valence-corrected chi connectivity index (χ1v) is 12.9. The molecule has 6 rings (SSSR count). The molecule has 1 fully saturated rings. The zero-order valence-electron chi connectivity index (χ0n) is 18.9. The minimum absolute atomic E-state index is 0.162. The van der Waals surface area contributed by atoms with Crippen LogP contribution < -0.4 is 4.72 Å². The fourth-order valence-electron chi connectivity index (χ4n) is 4.26. The minimum atomic E-state index is -3.55. The minimum Gasteiger partial charge on any atom is -0.299 e. The standard InChI is InChI=1S/C27H20F2N4O2S/c28-20-2-5-24(25(29)14-20)19-11-21(32-36(34,35)23-3-4-23)15-22(12-19)33-16-31-26-13-18(1-6-27(26)33)17-7-9-30-10-8-17/h1-2,5-16,23,32H,3-4H2. The Morgan fingerprint density at radius 1 is 0.861 bits per heavy atom. The van der Waals surface area contributed by atoms with Crippen LogP contribution in [0.25, 0.3) is 39.0 Å². The van der Waals surface area contributed by atoms with Gasteiger partial charge < -0.3 is 0 Å². The van der Waals surface area contributed by atoms with Crippen molar-refractivity contribution in [3.05, 3.63) is 97.1 Å². The van der Waals surface area contributed by atoms with E-state index >= 15 is 0 Å². The molecular weight excluding hydrogens is 482 g/mol. The summed E-state index contributed by atoms with van der Waals surface area (Å²) in [6.07, 6.45) is 6.31. The third-order valence-electron chi connectivity index (χ3n) is 6.22. The second-order valence-corrected chi connectivity index (χ2v) is 10.8. The first kappa shape index (κ1) is 22.4. The number of sulfonamides is 1. The molecule has 1 saturated carbocycles. The number of imidazole rings is 1. The molecule has 0 spiro atoms. The predicted molar refractivity (Wildman–Crippen MR) is 135 cm³/mol. The lowest BCUT2D eigenvalue weighted by atomic mass is 10.0. The van der Waals surface area contributed by atoms with Gasteiger partial charge in [-0.25, -0.2) is 22.2 Å². The fraction of sp³-hybridized carbons (Fsp3) is 0.111. The molecule has 2 heterocycles. The highest BCUT2D eigenvalue weighted by molar-refractivity contribution is 7.93. The molecule has 0 unspecified atom stereocenters. The maximum absolute atomic E-state index is 14.7. The van der Waals surface area contributed by atoms with E-state index in [1.807, 2.05) is 34.9 Å². The number of hydrogen-bond acceptors (Lipinski definition) is 4. The number of fused-ring (bicyclic) bond motifs is 1. The summed E-state index contributed by atoms with van der Waals surface area (Å²) in [4.78, 5) is 8.59. The summed E-state index contributed by atoms with van der Waals surface area (Å²) < 4.78 is 58.0. The molecule has 3 aromatic carbocycles. The Morgan fingerprint density at radius 3 is 2.42 bits per heavy atom. The van der Waals surface area contributed by atoms with E-state index in [9.17, 15) is 17.2 Å². The topological polar surface area (TPSA) is 76.9 Å². The Bertz CT molecular complexity index is 1720. The number of benzene rings is 3. The molecule has 0 bridgehead atoms. The van der Waals surface area contributed by atoms with Gasteiger partial charge in [0.2, 0.25) is 10.0 Å². The summed E-state index contributed by atoms with van der Waals surface area (Å²) >= 11 is 0. The van der Waals surface area contributed by atoms with Gasteiger partial charge in [-0.1, -0.05) is 6.07 Å². The first-order valence-electron chi connectivity index (χ1n) is 11.4. The number of anilines is 1. The number of pyridine rings is 1. The van der Waals surface area contributed by atoms with E-state index in [0.29, 0.717) is 29.8 Å². The molecule has 1 N–H and O–H groups in total. The summed E-state index contributed by atoms with van der Waals surface area (Å²) in [6.45, 7) is 0. The van der Waals surface area contributed by atoms with Crippen LogP contribution in [0.2, 0.25) is 0 Å². The number of aromatic nitrogens is 3. The predicted octanol–water partition coefficient (Wildman–Crippen LogP) is 5.94. The average Bonchev–Trinajstić information content (AvgIpc) is 3.65. The number of halogens is 2. The van der Waals surface area contributed by atoms with Crippen molar-refractivity contribution in [1.29, 1.82) is 0 Å². The molecule has 0 aliphatic heterocycles. The second kappa shape index (κ2) is 8.53. The third kappa shape index (κ3) is 4.22. The van der Waals surface area contributed by atoms with Crippen LogP contribution in [-0.2, 0) is 10.0 Å². The number of nitrogens with one attached hydrogen (secondary N) is 1. The van der Waals surface area contributed by atoms with Crippen molar-refractivity contribution in [3.63, 3.8) is 0 Å². The highest BCUT2D eigenvalue weighted by Crippen LogP contribution is 2.34. The summed E-state index contributed by atoms with van der Waals surface area (Å²) in [7, 11) is -3.55. The monoisotopic (exact) mass is 502 g/mol. The van der Waals surface area contributed by atoms with Crippen molar-refractivity contribution in [2.75, 3.05) is 4.72 Å². The molecule has 1 aliphatic carbocycles. The van der Waals surface area contributed by atoms with Crippen LogP contribution in [-0.4, -0.2) is 28.2 Å². The van der Waals surface area contributed by atoms with E-state index in [2.05, 4.69) is 14.7 Å². The number of nitrogens with zero attached hydrogens (tertiary/aromatic N) is 3. The molecule has 0 saturated heterocycles. The Hall–Kier alpha value is -4.11. The van der Waals surface area contributed by atoms with Crippen molar-refractivity contribution in [2.45, 2.75) is 18.1 Å². The second-order valence-electron chi connectivity index (χ2n) is 8.79. The highest BCUT2D eigenvalue weighted by atomic mass is 32.2. The van der Waals surface area contributed by atoms with Crippen molar-refractivity contribution >= 4 is 26.7 Å². The van der Waals surface area contributed by atoms with Gasteiger partial charge in [0.15, 0.2) is 0 Å². The van der Waals surface area contributed by atoms with Gasteiger partial charge in [-0.2, -0.15) is 0 Å². The van der Waals surface area contributed by atoms with Crippen molar-refractivity contribution < 1.29 is 17.2 Å². The lowest BCUT2D eigenvalue weighted by Gasteiger charge is -2.14. The quantitative estimate of drug-likeness (QED) is 0.312. The van der Waals surface area contributed by atoms with Crippen LogP contribution in [0.3, 0.4) is 0 Å². The summed E-state index contributed by atoms with van der Waals surface area (Å²) in [5, 5.41) is -0.423. The van der Waals surface area contributed by atoms with Gasteiger partial charge in [-0.3, -0.25) is 14.3 Å². The molecule has 2 aromatic heterocycles. The zero-order chi connectivity index (χ0) is 24.9. The van der Waals surface area contributed by atoms with Gasteiger partial charge in [0, 0.05) is 29.7 Å². The largest absolute Gasteiger partial charge is 0.299 e. The van der Waals surface area contributed by atoms with E-state index in [-0.39, 0.29) is 5.56 Å². The molecule has 1 aliphatic rings. The van der Waals surface area contributed by atoms with Crippen LogP contribution in [0.15, 0.2) is 85.5 Å². The van der Waals surface area contributed by atoms with Gasteiger partial charge in [0.05, 0.1) is 22.0 Å². The smallest absolute Gasteiger partial charge is 0.235 e. The lowest BCUT2D eigenvalue weighted by molar-refractivity contribution is 0.585. The van der Waals surface area contributed by atoms with Gasteiger partial charge in [-0.05, 0) is 84.1 Å². The first-order chi connectivity index (χ1) is 17.4. The molecule has 6 nitrogen and oxygen atoms in total. The van der Waals surface area contributed by atoms with Gasteiger partial charge in [0.25, 0.3) is 0 Å². The molecule has 5 aromatic rings. The molecule has 36 heavy (non-hydrogen) atoms. The fourth-order valence-corrected chi connectivity index (χ4v) is 5.63. The van der Waals surface area contributed by atoms with Crippen molar-refractivity contribution in [2.24, 2.45) is 0 Å². The van der Waals surface area contributed by atoms with Crippen LogP contribution in [0.1, 0.15) is 12.8 Å². The SMILES string of the molecule is O=S(=O)(Nc1cc(-c2ccc(F)cc2F)cc(-n2cnc3cc(-c4ccncc4)ccc32)c1)C1CC1. The zero-order valence-corrected chi connectivity index (χ0v) is 19.7. The maximum Gasteiger partial charge on any atom is 0.235 e. The van der Waals surface area contributed by atoms with E-state index in [1.165, 1.54) is 12.1 Å². The van der Waals surface area contributed by atoms with Crippen LogP contribution >= 0.6 is 0 Å². The van der Waals surface area contributed by atoms with Crippen molar-refractivity contribution in [3.8, 4) is 27.9 Å². The molecule has 9 heteroatoms. The van der Waals surface area contributed by atoms with Gasteiger partial charge in [0.1, 0.15) is 18.0 Å². The number of rotatable bonds is 6. The van der Waals surface area contributed by atoms with E-state index < -0.39 is 26.9 Å². The van der Waals surface area contributed by atoms with Crippen molar-refractivity contribution in [1.82, 2.24) is 14.5 Å². The summed E-state index contributed by atoms with van der Waals surface area (Å²) in [5.41, 5.74) is 4.98. The van der Waals surface area contributed by atoms with Crippen LogP contribution in [0, 0.1) is 11.6 Å². The Kier molecular flexibility index (Phi) is 5.30. The maximum atomic E-state index is 14.7. The molecule has 0 amide bonds. The highest BCUT2D eigenvalue weighted by Gasteiger charge is 2.35. The Balaban J connectivity index is 1.48. The van der Waals surface area contributed by atoms with E-state index in [0.717, 1.165) is 28.2 Å². The Morgan fingerprint density at radius 2 is 1.67 bits per heavy atom. The van der Waals surface area contributed by atoms with E-state index in [4.69, 9.17) is 0 Å². The summed E-state index contributed by atoms with van der Waals surface area (Å²) in [6, 6.07) is 18.0.